The number of aliphatic hydroxyl groups excluding tert-OH is 1. The first-order chi connectivity index (χ1) is 10.2. The third-order valence-electron chi connectivity index (χ3n) is 3.07. The number of hydrogen-bond donors (Lipinski definition) is 3. The Morgan fingerprint density at radius 2 is 2.27 bits per heavy atom. The number of nitrogens with one attached hydrogen (secondary N) is 1. The van der Waals surface area contributed by atoms with Gasteiger partial charge in [0.15, 0.2) is 0 Å². The molecule has 0 saturated carbocycles. The van der Waals surface area contributed by atoms with Gasteiger partial charge < -0.3 is 14.7 Å². The van der Waals surface area contributed by atoms with Gasteiger partial charge in [0.2, 0.25) is 0 Å². The molecular weight excluding hydrogens is 387 g/mol. The van der Waals surface area contributed by atoms with Gasteiger partial charge in [-0.1, -0.05) is 0 Å². The molecule has 0 radical (unpaired) electrons. The van der Waals surface area contributed by atoms with Gasteiger partial charge in [0.1, 0.15) is 12.3 Å². The lowest BCUT2D eigenvalue weighted by atomic mass is 10.2. The summed E-state index contributed by atoms with van der Waals surface area (Å²) in [6, 6.07) is 0. The molecule has 0 bridgehead atoms. The highest BCUT2D eigenvalue weighted by atomic mass is 79.9. The number of rotatable bonds is 5. The molecule has 12 heteroatoms. The molecule has 1 aliphatic heterocycles. The Hall–Kier alpha value is -0.810. The Bertz CT molecular complexity index is 703. The van der Waals surface area contributed by atoms with Crippen molar-refractivity contribution in [2.24, 2.45) is 0 Å². The van der Waals surface area contributed by atoms with Gasteiger partial charge in [-0.15, -0.1) is 0 Å². The quantitative estimate of drug-likeness (QED) is 0.572. The Kier molecular flexibility index (Phi) is 5.38. The molecule has 4 unspecified atom stereocenters. The predicted molar refractivity (Wildman–Crippen MR) is 76.3 cm³/mol. The minimum absolute atomic E-state index is 0.0507. The highest BCUT2D eigenvalue weighted by Gasteiger charge is 2.37. The number of ether oxygens (including phenoxy) is 1. The van der Waals surface area contributed by atoms with Gasteiger partial charge in [-0.2, -0.15) is 0 Å². The molecule has 10 nitrogen and oxygen atoms in total. The summed E-state index contributed by atoms with van der Waals surface area (Å²) in [7, 11) is -3.18. The highest BCUT2D eigenvalue weighted by molar-refractivity contribution is 9.10. The van der Waals surface area contributed by atoms with E-state index in [9.17, 15) is 19.3 Å². The number of nitrogens with zero attached hydrogens (tertiary/aromatic N) is 1. The van der Waals surface area contributed by atoms with E-state index in [-0.39, 0.29) is 10.9 Å². The zero-order valence-electron chi connectivity index (χ0n) is 11.3. The lowest BCUT2D eigenvalue weighted by Crippen LogP contribution is -2.32. The first-order valence-corrected chi connectivity index (χ1v) is 8.40. The summed E-state index contributed by atoms with van der Waals surface area (Å²) in [5, 5.41) is 9.89. The number of aromatic nitrogens is 2. The van der Waals surface area contributed by atoms with Crippen molar-refractivity contribution in [1.82, 2.24) is 9.55 Å². The number of hydrogen-bond acceptors (Lipinski definition) is 7. The third-order valence-corrected chi connectivity index (χ3v) is 4.57. The van der Waals surface area contributed by atoms with E-state index in [0.29, 0.717) is 0 Å². The van der Waals surface area contributed by atoms with Crippen molar-refractivity contribution in [2.45, 2.75) is 24.9 Å². The molecule has 1 aromatic rings. The second-order valence-corrected chi connectivity index (χ2v) is 6.94. The maximum absolute atomic E-state index is 11.7. The SMILES string of the molecule is COP(=O)(O)OCC1OC(n2cc(Br)c(=O)[nH]c2=O)CC1O. The maximum atomic E-state index is 11.7. The molecule has 4 atom stereocenters. The highest BCUT2D eigenvalue weighted by Crippen LogP contribution is 2.43. The normalized spacial score (nSPS) is 27.7. The van der Waals surface area contributed by atoms with Crippen LogP contribution in [0.3, 0.4) is 0 Å². The van der Waals surface area contributed by atoms with E-state index >= 15 is 0 Å². The molecule has 2 rings (SSSR count). The smallest absolute Gasteiger partial charge is 0.390 e. The fraction of sp³-hybridized carbons (Fsp3) is 0.600. The number of aliphatic hydroxyl groups is 1. The molecule has 0 spiro atoms. The number of H-pyrrole nitrogens is 1. The minimum atomic E-state index is -4.18. The Balaban J connectivity index is 2.11. The van der Waals surface area contributed by atoms with Gasteiger partial charge in [0.25, 0.3) is 5.56 Å². The topological polar surface area (TPSA) is 140 Å². The molecule has 22 heavy (non-hydrogen) atoms. The van der Waals surface area contributed by atoms with Crippen molar-refractivity contribution in [3.8, 4) is 0 Å². The van der Waals surface area contributed by atoms with E-state index in [1.807, 2.05) is 0 Å². The summed E-state index contributed by atoms with van der Waals surface area (Å²) >= 11 is 2.99. The Morgan fingerprint density at radius 1 is 1.59 bits per heavy atom. The standard InChI is InChI=1S/C10H14BrN2O8P/c1-19-22(17,18)20-4-7-6(14)2-8(21-7)13-3-5(11)9(15)12-10(13)16/h3,6-8,14H,2,4H2,1H3,(H,17,18)(H,12,15,16). The van der Waals surface area contributed by atoms with Crippen LogP contribution in [0.5, 0.6) is 0 Å². The zero-order valence-corrected chi connectivity index (χ0v) is 13.8. The van der Waals surface area contributed by atoms with Gasteiger partial charge in [0.05, 0.1) is 17.2 Å². The summed E-state index contributed by atoms with van der Waals surface area (Å²) in [4.78, 5) is 34.3. The molecule has 3 N–H and O–H groups in total. The molecular formula is C10H14BrN2O8P. The van der Waals surface area contributed by atoms with E-state index in [1.165, 1.54) is 6.20 Å². The van der Waals surface area contributed by atoms with E-state index in [2.05, 4.69) is 30.0 Å². The molecule has 1 saturated heterocycles. The first kappa shape index (κ1) is 17.5. The van der Waals surface area contributed by atoms with Crippen molar-refractivity contribution in [3.63, 3.8) is 0 Å². The lowest BCUT2D eigenvalue weighted by molar-refractivity contribution is -0.0458. The fourth-order valence-corrected chi connectivity index (χ4v) is 2.69. The van der Waals surface area contributed by atoms with E-state index < -0.39 is 44.1 Å². The minimum Gasteiger partial charge on any atom is -0.390 e. The van der Waals surface area contributed by atoms with Gasteiger partial charge in [-0.3, -0.25) is 23.4 Å². The maximum Gasteiger partial charge on any atom is 0.472 e. The van der Waals surface area contributed by atoms with Crippen LogP contribution in [0, 0.1) is 0 Å². The average Bonchev–Trinajstić information content (AvgIpc) is 2.82. The van der Waals surface area contributed by atoms with Gasteiger partial charge >= 0.3 is 13.5 Å². The van der Waals surface area contributed by atoms with Crippen molar-refractivity contribution >= 4 is 23.8 Å². The predicted octanol–water partition coefficient (Wildman–Crippen LogP) is -0.289. The molecule has 1 fully saturated rings. The Morgan fingerprint density at radius 3 is 2.91 bits per heavy atom. The summed E-state index contributed by atoms with van der Waals surface area (Å²) in [6.45, 7) is -0.390. The van der Waals surface area contributed by atoms with Crippen LogP contribution in [0.25, 0.3) is 0 Å². The zero-order chi connectivity index (χ0) is 16.5. The van der Waals surface area contributed by atoms with Crippen molar-refractivity contribution < 1.29 is 28.3 Å². The van der Waals surface area contributed by atoms with Crippen molar-refractivity contribution in [3.05, 3.63) is 31.5 Å². The second-order valence-electron chi connectivity index (χ2n) is 4.52. The van der Waals surface area contributed by atoms with Crippen LogP contribution in [0.1, 0.15) is 12.6 Å². The monoisotopic (exact) mass is 400 g/mol. The number of phosphoric acid groups is 1. The van der Waals surface area contributed by atoms with Crippen molar-refractivity contribution in [1.29, 1.82) is 0 Å². The molecule has 2 heterocycles. The van der Waals surface area contributed by atoms with E-state index in [0.717, 1.165) is 11.7 Å². The first-order valence-electron chi connectivity index (χ1n) is 6.11. The molecule has 0 amide bonds. The van der Waals surface area contributed by atoms with Crippen LogP contribution >= 0.6 is 23.8 Å². The van der Waals surface area contributed by atoms with Crippen LogP contribution < -0.4 is 11.2 Å². The summed E-state index contributed by atoms with van der Waals surface area (Å²) < 4.78 is 26.8. The van der Waals surface area contributed by atoms with Crippen LogP contribution in [0.15, 0.2) is 20.3 Å². The number of aromatic amines is 1. The lowest BCUT2D eigenvalue weighted by Gasteiger charge is -2.17. The number of halogens is 1. The van der Waals surface area contributed by atoms with Gasteiger partial charge in [0, 0.05) is 19.7 Å². The largest absolute Gasteiger partial charge is 0.472 e. The fourth-order valence-electron chi connectivity index (χ4n) is 1.93. The van der Waals surface area contributed by atoms with Gasteiger partial charge in [-0.05, 0) is 15.9 Å². The van der Waals surface area contributed by atoms with Gasteiger partial charge in [-0.25, -0.2) is 9.36 Å². The molecule has 1 aliphatic rings. The van der Waals surface area contributed by atoms with Crippen LogP contribution in [0.2, 0.25) is 0 Å². The second kappa shape index (κ2) is 6.75. The van der Waals surface area contributed by atoms with E-state index in [1.54, 1.807) is 0 Å². The summed E-state index contributed by atoms with van der Waals surface area (Å²) in [5.41, 5.74) is -1.28. The molecule has 124 valence electrons. The van der Waals surface area contributed by atoms with Crippen LogP contribution in [-0.2, 0) is 18.3 Å². The molecule has 0 aliphatic carbocycles. The number of phosphoric ester groups is 1. The molecule has 1 aromatic heterocycles. The van der Waals surface area contributed by atoms with Crippen LogP contribution in [0.4, 0.5) is 0 Å². The summed E-state index contributed by atoms with van der Waals surface area (Å²) in [6.07, 6.45) is -1.48. The van der Waals surface area contributed by atoms with Crippen molar-refractivity contribution in [2.75, 3.05) is 13.7 Å². The average molecular weight is 401 g/mol. The Labute approximate surface area is 132 Å². The van der Waals surface area contributed by atoms with E-state index in [4.69, 9.17) is 9.63 Å². The van der Waals surface area contributed by atoms with Crippen LogP contribution in [-0.4, -0.2) is 45.5 Å². The third kappa shape index (κ3) is 3.93. The molecule has 0 aromatic carbocycles. The summed E-state index contributed by atoms with van der Waals surface area (Å²) in [5.74, 6) is 0.